The Labute approximate surface area is 284 Å². The van der Waals surface area contributed by atoms with Gasteiger partial charge in [0.25, 0.3) is 10.0 Å². The molecule has 1 N–H and O–H groups in total. The molecule has 0 saturated heterocycles. The van der Waals surface area contributed by atoms with Crippen molar-refractivity contribution >= 4 is 27.5 Å². The van der Waals surface area contributed by atoms with Gasteiger partial charge in [-0.1, -0.05) is 97.1 Å². The lowest BCUT2D eigenvalue weighted by Gasteiger charge is -2.35. The Bertz CT molecular complexity index is 1770. The molecule has 9 heteroatoms. The highest BCUT2D eigenvalue weighted by Crippen LogP contribution is 2.27. The van der Waals surface area contributed by atoms with Gasteiger partial charge >= 0.3 is 0 Å². The van der Waals surface area contributed by atoms with Gasteiger partial charge in [0.2, 0.25) is 11.8 Å². The highest BCUT2D eigenvalue weighted by Gasteiger charge is 2.35. The zero-order valence-corrected chi connectivity index (χ0v) is 28.8. The number of hydrogen-bond donors (Lipinski definition) is 1. The molecular formula is C39H45N3O5S. The van der Waals surface area contributed by atoms with Crippen LogP contribution in [0, 0.1) is 13.8 Å². The summed E-state index contributed by atoms with van der Waals surface area (Å²) in [4.78, 5) is 30.6. The highest BCUT2D eigenvalue weighted by atomic mass is 32.2. The van der Waals surface area contributed by atoms with Crippen LogP contribution in [0.5, 0.6) is 5.75 Å². The maximum Gasteiger partial charge on any atom is 0.264 e. The Balaban J connectivity index is 1.56. The van der Waals surface area contributed by atoms with Gasteiger partial charge in [-0.2, -0.15) is 0 Å². The molecule has 2 amide bonds. The summed E-state index contributed by atoms with van der Waals surface area (Å²) in [6.45, 7) is 3.50. The third-order valence-corrected chi connectivity index (χ3v) is 10.7. The van der Waals surface area contributed by atoms with E-state index in [0.29, 0.717) is 11.4 Å². The van der Waals surface area contributed by atoms with E-state index in [4.69, 9.17) is 4.74 Å². The molecule has 0 aliphatic heterocycles. The van der Waals surface area contributed by atoms with Gasteiger partial charge in [-0.05, 0) is 74.2 Å². The molecular weight excluding hydrogens is 623 g/mol. The summed E-state index contributed by atoms with van der Waals surface area (Å²) in [5.41, 5.74) is 4.00. The van der Waals surface area contributed by atoms with Gasteiger partial charge in [-0.15, -0.1) is 0 Å². The summed E-state index contributed by atoms with van der Waals surface area (Å²) in [5.74, 6) is -0.159. The number of nitrogens with one attached hydrogen (secondary N) is 1. The number of methoxy groups -OCH3 is 1. The summed E-state index contributed by atoms with van der Waals surface area (Å²) in [5, 5.41) is 3.25. The second-order valence-corrected chi connectivity index (χ2v) is 14.4. The molecule has 1 aliphatic rings. The van der Waals surface area contributed by atoms with Crippen LogP contribution in [0.2, 0.25) is 0 Å². The van der Waals surface area contributed by atoms with Crippen LogP contribution in [0.1, 0.15) is 54.4 Å². The second-order valence-electron chi connectivity index (χ2n) is 12.6. The summed E-state index contributed by atoms with van der Waals surface area (Å²) < 4.78 is 35.0. The van der Waals surface area contributed by atoms with Crippen LogP contribution >= 0.6 is 0 Å². The van der Waals surface area contributed by atoms with E-state index in [1.54, 1.807) is 53.4 Å². The van der Waals surface area contributed by atoms with Crippen LogP contribution in [0.25, 0.3) is 0 Å². The van der Waals surface area contributed by atoms with Gasteiger partial charge in [0.1, 0.15) is 18.3 Å². The molecule has 48 heavy (non-hydrogen) atoms. The van der Waals surface area contributed by atoms with Crippen LogP contribution < -0.4 is 14.4 Å². The van der Waals surface area contributed by atoms with Crippen LogP contribution in [0.3, 0.4) is 0 Å². The SMILES string of the molecule is COc1ccc(N(CC(=O)N(Cc2cccc(C)c2)[C@H](Cc2ccccc2)C(=O)NC2CCCCC2)S(=O)(=O)c2ccc(C)cc2)cc1. The van der Waals surface area contributed by atoms with Crippen molar-refractivity contribution in [1.29, 1.82) is 0 Å². The lowest BCUT2D eigenvalue weighted by molar-refractivity contribution is -0.140. The number of ether oxygens (including phenoxy) is 1. The highest BCUT2D eigenvalue weighted by molar-refractivity contribution is 7.92. The molecule has 252 valence electrons. The van der Waals surface area contributed by atoms with E-state index >= 15 is 0 Å². The van der Waals surface area contributed by atoms with Gasteiger partial charge in [0.05, 0.1) is 17.7 Å². The first-order valence-electron chi connectivity index (χ1n) is 16.6. The topological polar surface area (TPSA) is 96.0 Å². The molecule has 0 unspecified atom stereocenters. The molecule has 0 spiro atoms. The summed E-state index contributed by atoms with van der Waals surface area (Å²) in [6, 6.07) is 29.8. The van der Waals surface area contributed by atoms with Crippen molar-refractivity contribution in [2.75, 3.05) is 18.0 Å². The maximum atomic E-state index is 14.7. The van der Waals surface area contributed by atoms with E-state index in [9.17, 15) is 18.0 Å². The van der Waals surface area contributed by atoms with E-state index < -0.39 is 28.5 Å². The minimum Gasteiger partial charge on any atom is -0.497 e. The predicted molar refractivity (Wildman–Crippen MR) is 189 cm³/mol. The molecule has 4 aromatic carbocycles. The van der Waals surface area contributed by atoms with Crippen LogP contribution in [0.15, 0.2) is 108 Å². The molecule has 0 bridgehead atoms. The lowest BCUT2D eigenvalue weighted by Crippen LogP contribution is -2.55. The summed E-state index contributed by atoms with van der Waals surface area (Å²) in [7, 11) is -2.65. The number of nitrogens with zero attached hydrogens (tertiary/aromatic N) is 2. The predicted octanol–water partition coefficient (Wildman–Crippen LogP) is 6.60. The first-order valence-corrected chi connectivity index (χ1v) is 18.0. The maximum absolute atomic E-state index is 14.7. The first kappa shape index (κ1) is 34.7. The quantitative estimate of drug-likeness (QED) is 0.174. The number of carbonyl (C=O) groups is 2. The van der Waals surface area contributed by atoms with Crippen molar-refractivity contribution in [2.45, 2.75) is 75.9 Å². The zero-order valence-electron chi connectivity index (χ0n) is 28.0. The van der Waals surface area contributed by atoms with Crippen molar-refractivity contribution in [3.8, 4) is 5.75 Å². The Morgan fingerprint density at radius 2 is 1.48 bits per heavy atom. The molecule has 0 radical (unpaired) electrons. The van der Waals surface area contributed by atoms with Crippen molar-refractivity contribution < 1.29 is 22.7 Å². The van der Waals surface area contributed by atoms with Gasteiger partial charge in [0, 0.05) is 19.0 Å². The minimum absolute atomic E-state index is 0.0400. The van der Waals surface area contributed by atoms with E-state index in [1.807, 2.05) is 68.4 Å². The Morgan fingerprint density at radius 3 is 2.12 bits per heavy atom. The van der Waals surface area contributed by atoms with Crippen molar-refractivity contribution in [1.82, 2.24) is 10.2 Å². The number of amides is 2. The molecule has 1 saturated carbocycles. The van der Waals surface area contributed by atoms with Crippen molar-refractivity contribution in [2.24, 2.45) is 0 Å². The largest absolute Gasteiger partial charge is 0.497 e. The average Bonchev–Trinajstić information content (AvgIpc) is 3.09. The Morgan fingerprint density at radius 1 is 0.812 bits per heavy atom. The second kappa shape index (κ2) is 16.0. The molecule has 0 heterocycles. The molecule has 1 aliphatic carbocycles. The van der Waals surface area contributed by atoms with E-state index in [2.05, 4.69) is 5.32 Å². The molecule has 4 aromatic rings. The van der Waals surface area contributed by atoms with Crippen LogP contribution in [0.4, 0.5) is 5.69 Å². The Hall–Kier alpha value is -4.63. The van der Waals surface area contributed by atoms with Gasteiger partial charge in [-0.3, -0.25) is 13.9 Å². The van der Waals surface area contributed by atoms with Gasteiger partial charge in [0.15, 0.2) is 0 Å². The molecule has 8 nitrogen and oxygen atoms in total. The number of carbonyl (C=O) groups excluding carboxylic acids is 2. The van der Waals surface area contributed by atoms with E-state index in [1.165, 1.54) is 7.11 Å². The Kier molecular flexibility index (Phi) is 11.5. The molecule has 1 atom stereocenters. The lowest BCUT2D eigenvalue weighted by atomic mass is 9.94. The number of anilines is 1. The molecule has 5 rings (SSSR count). The third-order valence-electron chi connectivity index (χ3n) is 8.91. The van der Waals surface area contributed by atoms with Crippen molar-refractivity contribution in [3.63, 3.8) is 0 Å². The van der Waals surface area contributed by atoms with Crippen LogP contribution in [-0.4, -0.2) is 50.9 Å². The number of aryl methyl sites for hydroxylation is 2. The summed E-state index contributed by atoms with van der Waals surface area (Å²) in [6.07, 6.45) is 5.33. The minimum atomic E-state index is -4.18. The van der Waals surface area contributed by atoms with E-state index in [0.717, 1.165) is 58.7 Å². The molecule has 0 aromatic heterocycles. The smallest absolute Gasteiger partial charge is 0.264 e. The van der Waals surface area contributed by atoms with Crippen LogP contribution in [-0.2, 0) is 32.6 Å². The number of hydrogen-bond acceptors (Lipinski definition) is 5. The molecule has 1 fully saturated rings. The van der Waals surface area contributed by atoms with E-state index in [-0.39, 0.29) is 29.8 Å². The average molecular weight is 668 g/mol. The number of sulfonamides is 1. The third kappa shape index (κ3) is 8.83. The first-order chi connectivity index (χ1) is 23.1. The summed E-state index contributed by atoms with van der Waals surface area (Å²) >= 11 is 0. The normalized spacial score (nSPS) is 14.1. The fraction of sp³-hybridized carbons (Fsp3) is 0.333. The number of benzene rings is 4. The number of rotatable bonds is 13. The monoisotopic (exact) mass is 667 g/mol. The fourth-order valence-corrected chi connectivity index (χ4v) is 7.63. The van der Waals surface area contributed by atoms with Gasteiger partial charge < -0.3 is 15.0 Å². The zero-order chi connectivity index (χ0) is 34.1. The fourth-order valence-electron chi connectivity index (χ4n) is 6.22. The van der Waals surface area contributed by atoms with Crippen molar-refractivity contribution in [3.05, 3.63) is 125 Å². The van der Waals surface area contributed by atoms with Gasteiger partial charge in [-0.25, -0.2) is 8.42 Å². The standard InChI is InChI=1S/C39H45N3O5S/c1-29-17-23-36(24-18-29)48(45,46)42(34-19-21-35(47-3)22-20-34)28-38(43)41(27-32-14-10-11-30(2)25-32)37(26-31-12-6-4-7-13-31)39(44)40-33-15-8-5-9-16-33/h4,6-7,10-14,17-25,33,37H,5,8-9,15-16,26-28H2,1-3H3,(H,40,44)/t37-/m1/s1.